The number of carboxylic acids is 1. The van der Waals surface area contributed by atoms with E-state index in [1.165, 1.54) is 11.3 Å². The monoisotopic (exact) mass is 291 g/mol. The maximum absolute atomic E-state index is 10.9. The van der Waals surface area contributed by atoms with Crippen molar-refractivity contribution >= 4 is 39.8 Å². The third kappa shape index (κ3) is 2.25. The molecule has 2 heterocycles. The lowest BCUT2D eigenvalue weighted by Gasteiger charge is -2.02. The lowest BCUT2D eigenvalue weighted by Crippen LogP contribution is -1.95. The Labute approximate surface area is 118 Å². The number of hydrogen-bond donors (Lipinski definition) is 1. The number of aromatic nitrogens is 1. The van der Waals surface area contributed by atoms with Crippen molar-refractivity contribution in [3.63, 3.8) is 0 Å². The van der Waals surface area contributed by atoms with Crippen LogP contribution in [0.1, 0.15) is 14.5 Å². The summed E-state index contributed by atoms with van der Waals surface area (Å²) in [4.78, 5) is 12.2. The summed E-state index contributed by atoms with van der Waals surface area (Å²) in [6, 6.07) is 11.4. The lowest BCUT2D eigenvalue weighted by atomic mass is 10.2. The van der Waals surface area contributed by atoms with E-state index in [1.807, 2.05) is 41.1 Å². The van der Waals surface area contributed by atoms with Crippen molar-refractivity contribution in [2.75, 3.05) is 0 Å². The average molecular weight is 292 g/mol. The molecule has 0 fully saturated rings. The van der Waals surface area contributed by atoms with E-state index in [2.05, 4.69) is 0 Å². The Bertz CT molecular complexity index is 760. The third-order valence-electron chi connectivity index (χ3n) is 2.94. The molecule has 1 aromatic carbocycles. The van der Waals surface area contributed by atoms with Gasteiger partial charge in [0.15, 0.2) is 0 Å². The molecule has 2 aromatic heterocycles. The summed E-state index contributed by atoms with van der Waals surface area (Å²) in [5, 5.41) is 10.6. The third-order valence-corrected chi connectivity index (χ3v) is 4.30. The van der Waals surface area contributed by atoms with E-state index in [-0.39, 0.29) is 0 Å². The Morgan fingerprint density at radius 1 is 1.26 bits per heavy atom. The molecule has 3 nitrogen and oxygen atoms in total. The minimum Gasteiger partial charge on any atom is -0.477 e. The lowest BCUT2D eigenvalue weighted by molar-refractivity contribution is 0.0702. The maximum atomic E-state index is 10.9. The van der Waals surface area contributed by atoms with Crippen molar-refractivity contribution < 1.29 is 9.90 Å². The molecule has 0 saturated heterocycles. The van der Waals surface area contributed by atoms with Gasteiger partial charge >= 0.3 is 5.97 Å². The number of halogens is 1. The van der Waals surface area contributed by atoms with E-state index in [0.29, 0.717) is 16.4 Å². The SMILES string of the molecule is O=C(O)c1ccc(Cn2cc(Cl)c3ccccc32)s1. The van der Waals surface area contributed by atoms with Gasteiger partial charge in [-0.2, -0.15) is 0 Å². The second-order valence-corrected chi connectivity index (χ2v) is 5.77. The van der Waals surface area contributed by atoms with Crippen LogP contribution in [-0.2, 0) is 6.54 Å². The second-order valence-electron chi connectivity index (χ2n) is 4.19. The summed E-state index contributed by atoms with van der Waals surface area (Å²) in [6.45, 7) is 0.630. The zero-order valence-corrected chi connectivity index (χ0v) is 11.4. The van der Waals surface area contributed by atoms with Gasteiger partial charge in [-0.1, -0.05) is 29.8 Å². The molecule has 0 aliphatic rings. The number of fused-ring (bicyclic) bond motifs is 1. The summed E-state index contributed by atoms with van der Waals surface area (Å²) >= 11 is 7.48. The second kappa shape index (κ2) is 4.72. The number of thiophene rings is 1. The summed E-state index contributed by atoms with van der Waals surface area (Å²) in [7, 11) is 0. The van der Waals surface area contributed by atoms with Crippen LogP contribution in [0.3, 0.4) is 0 Å². The first-order valence-corrected chi connectivity index (χ1v) is 6.90. The maximum Gasteiger partial charge on any atom is 0.345 e. The molecule has 0 radical (unpaired) electrons. The van der Waals surface area contributed by atoms with E-state index in [9.17, 15) is 4.79 Å². The fourth-order valence-corrected chi connectivity index (χ4v) is 3.20. The van der Waals surface area contributed by atoms with Crippen LogP contribution in [0.15, 0.2) is 42.6 Å². The summed E-state index contributed by atoms with van der Waals surface area (Å²) < 4.78 is 2.04. The number of rotatable bonds is 3. The minimum atomic E-state index is -0.883. The molecule has 5 heteroatoms. The van der Waals surface area contributed by atoms with Gasteiger partial charge in [0.25, 0.3) is 0 Å². The summed E-state index contributed by atoms with van der Waals surface area (Å²) in [5.41, 5.74) is 1.05. The Kier molecular flexibility index (Phi) is 3.05. The first-order chi connectivity index (χ1) is 9.15. The normalized spacial score (nSPS) is 11.0. The van der Waals surface area contributed by atoms with Crippen molar-refractivity contribution in [2.24, 2.45) is 0 Å². The van der Waals surface area contributed by atoms with Crippen LogP contribution in [0.5, 0.6) is 0 Å². The first-order valence-electron chi connectivity index (χ1n) is 5.70. The van der Waals surface area contributed by atoms with E-state index in [4.69, 9.17) is 16.7 Å². The van der Waals surface area contributed by atoms with Crippen LogP contribution < -0.4 is 0 Å². The summed E-state index contributed by atoms with van der Waals surface area (Å²) in [6.07, 6.45) is 1.88. The van der Waals surface area contributed by atoms with Crippen molar-refractivity contribution in [2.45, 2.75) is 6.54 Å². The van der Waals surface area contributed by atoms with Gasteiger partial charge in [-0.3, -0.25) is 0 Å². The zero-order chi connectivity index (χ0) is 13.4. The molecular weight excluding hydrogens is 282 g/mol. The van der Waals surface area contributed by atoms with Crippen LogP contribution in [0.4, 0.5) is 0 Å². The van der Waals surface area contributed by atoms with E-state index in [0.717, 1.165) is 15.8 Å². The molecule has 0 bridgehead atoms. The van der Waals surface area contributed by atoms with Crippen molar-refractivity contribution in [3.8, 4) is 0 Å². The van der Waals surface area contributed by atoms with Crippen LogP contribution >= 0.6 is 22.9 Å². The largest absolute Gasteiger partial charge is 0.477 e. The van der Waals surface area contributed by atoms with Gasteiger partial charge in [0, 0.05) is 22.0 Å². The predicted octanol–water partition coefficient (Wildman–Crippen LogP) is 4.10. The number of carboxylic acid groups (broad SMARTS) is 1. The van der Waals surface area contributed by atoms with Crippen molar-refractivity contribution in [1.29, 1.82) is 0 Å². The topological polar surface area (TPSA) is 42.2 Å². The van der Waals surface area contributed by atoms with Crippen LogP contribution in [0.2, 0.25) is 5.02 Å². The molecule has 1 N–H and O–H groups in total. The minimum absolute atomic E-state index is 0.359. The fourth-order valence-electron chi connectivity index (χ4n) is 2.08. The Morgan fingerprint density at radius 2 is 2.05 bits per heavy atom. The smallest absolute Gasteiger partial charge is 0.345 e. The quantitative estimate of drug-likeness (QED) is 0.789. The highest BCUT2D eigenvalue weighted by Gasteiger charge is 2.10. The number of carbonyl (C=O) groups is 1. The van der Waals surface area contributed by atoms with Gasteiger partial charge in [-0.25, -0.2) is 4.79 Å². The standard InChI is InChI=1S/C14H10ClNO2S/c15-11-8-16(12-4-2-1-3-10(11)12)7-9-5-6-13(19-9)14(17)18/h1-6,8H,7H2,(H,17,18). The van der Waals surface area contributed by atoms with Crippen LogP contribution in [0, 0.1) is 0 Å². The number of para-hydroxylation sites is 1. The van der Waals surface area contributed by atoms with Crippen LogP contribution in [0.25, 0.3) is 10.9 Å². The van der Waals surface area contributed by atoms with E-state index in [1.54, 1.807) is 6.07 Å². The molecule has 0 unspecified atom stereocenters. The molecule has 3 aromatic rings. The molecule has 0 aliphatic heterocycles. The van der Waals surface area contributed by atoms with Crippen molar-refractivity contribution in [3.05, 3.63) is 57.4 Å². The number of aromatic carboxylic acids is 1. The number of hydrogen-bond acceptors (Lipinski definition) is 2. The van der Waals surface area contributed by atoms with E-state index < -0.39 is 5.97 Å². The molecular formula is C14H10ClNO2S. The Hall–Kier alpha value is -1.78. The molecule has 0 atom stereocenters. The Balaban J connectivity index is 1.98. The highest BCUT2D eigenvalue weighted by molar-refractivity contribution is 7.13. The highest BCUT2D eigenvalue weighted by Crippen LogP contribution is 2.27. The van der Waals surface area contributed by atoms with Gasteiger partial charge < -0.3 is 9.67 Å². The molecule has 0 aliphatic carbocycles. The van der Waals surface area contributed by atoms with Gasteiger partial charge in [-0.05, 0) is 18.2 Å². The van der Waals surface area contributed by atoms with E-state index >= 15 is 0 Å². The zero-order valence-electron chi connectivity index (χ0n) is 9.84. The van der Waals surface area contributed by atoms with Gasteiger partial charge in [0.1, 0.15) is 4.88 Å². The van der Waals surface area contributed by atoms with Gasteiger partial charge in [-0.15, -0.1) is 11.3 Å². The summed E-state index contributed by atoms with van der Waals surface area (Å²) in [5.74, 6) is -0.883. The molecule has 0 amide bonds. The highest BCUT2D eigenvalue weighted by atomic mass is 35.5. The molecule has 3 rings (SSSR count). The van der Waals surface area contributed by atoms with Gasteiger partial charge in [0.2, 0.25) is 0 Å². The van der Waals surface area contributed by atoms with Crippen molar-refractivity contribution in [1.82, 2.24) is 4.57 Å². The first kappa shape index (κ1) is 12.3. The molecule has 19 heavy (non-hydrogen) atoms. The number of nitrogens with zero attached hydrogens (tertiary/aromatic N) is 1. The van der Waals surface area contributed by atoms with Crippen LogP contribution in [-0.4, -0.2) is 15.6 Å². The number of benzene rings is 1. The molecule has 0 spiro atoms. The van der Waals surface area contributed by atoms with Gasteiger partial charge in [0.05, 0.1) is 11.6 Å². The Morgan fingerprint density at radius 3 is 2.79 bits per heavy atom. The predicted molar refractivity (Wildman–Crippen MR) is 77.3 cm³/mol. The molecule has 96 valence electrons. The molecule has 0 saturated carbocycles. The fraction of sp³-hybridized carbons (Fsp3) is 0.0714. The average Bonchev–Trinajstić information content (AvgIpc) is 2.97.